The SMILES string of the molecule is COC(=O)CNC(=O)[C@@H](C)NC(=O)[C@H](Cc1ccc(O)cc1)NC(=O)OC(C)(C)C. The molecule has 0 bridgehead atoms. The number of alkyl carbamates (subject to hydrolysis) is 1. The molecule has 0 saturated heterocycles. The van der Waals surface area contributed by atoms with Crippen LogP contribution in [-0.2, 0) is 30.3 Å². The molecule has 30 heavy (non-hydrogen) atoms. The maximum Gasteiger partial charge on any atom is 0.408 e. The van der Waals surface area contributed by atoms with Crippen LogP contribution in [-0.4, -0.2) is 60.3 Å². The van der Waals surface area contributed by atoms with Crippen molar-refractivity contribution in [3.8, 4) is 5.75 Å². The second-order valence-corrected chi connectivity index (χ2v) is 7.59. The van der Waals surface area contributed by atoms with E-state index < -0.39 is 41.6 Å². The van der Waals surface area contributed by atoms with Crippen LogP contribution in [0, 0.1) is 0 Å². The maximum absolute atomic E-state index is 12.7. The Balaban J connectivity index is 2.84. The summed E-state index contributed by atoms with van der Waals surface area (Å²) in [6.07, 6.45) is -0.689. The van der Waals surface area contributed by atoms with Crippen LogP contribution in [0.4, 0.5) is 4.79 Å². The summed E-state index contributed by atoms with van der Waals surface area (Å²) in [6, 6.07) is 4.13. The summed E-state index contributed by atoms with van der Waals surface area (Å²) in [5.74, 6) is -1.77. The molecule has 3 amide bonds. The molecule has 0 spiro atoms. The second kappa shape index (κ2) is 11.0. The summed E-state index contributed by atoms with van der Waals surface area (Å²) in [6.45, 7) is 6.18. The Kier molecular flexibility index (Phi) is 9.10. The number of benzene rings is 1. The lowest BCUT2D eigenvalue weighted by Crippen LogP contribution is -2.54. The topological polar surface area (TPSA) is 143 Å². The Bertz CT molecular complexity index is 757. The highest BCUT2D eigenvalue weighted by Gasteiger charge is 2.27. The van der Waals surface area contributed by atoms with Crippen molar-refractivity contribution < 1.29 is 33.8 Å². The number of phenols is 1. The number of ether oxygens (including phenoxy) is 2. The molecule has 4 N–H and O–H groups in total. The maximum atomic E-state index is 12.7. The van der Waals surface area contributed by atoms with Gasteiger partial charge in [-0.25, -0.2) is 4.79 Å². The minimum atomic E-state index is -1.04. The minimum Gasteiger partial charge on any atom is -0.508 e. The smallest absolute Gasteiger partial charge is 0.408 e. The number of phenolic OH excluding ortho intramolecular Hbond substituents is 1. The molecular formula is C20H29N3O7. The van der Waals surface area contributed by atoms with Crippen molar-refractivity contribution in [2.75, 3.05) is 13.7 Å². The third kappa shape index (κ3) is 9.26. The van der Waals surface area contributed by atoms with Crippen LogP contribution in [0.2, 0.25) is 0 Å². The average molecular weight is 423 g/mol. The average Bonchev–Trinajstić information content (AvgIpc) is 2.65. The lowest BCUT2D eigenvalue weighted by Gasteiger charge is -2.24. The van der Waals surface area contributed by atoms with E-state index in [1.54, 1.807) is 32.9 Å². The number of carbonyl (C=O) groups is 4. The van der Waals surface area contributed by atoms with Gasteiger partial charge in [0.05, 0.1) is 7.11 Å². The van der Waals surface area contributed by atoms with Gasteiger partial charge >= 0.3 is 12.1 Å². The predicted octanol–water partition coefficient (Wildman–Crippen LogP) is 0.622. The van der Waals surface area contributed by atoms with Crippen LogP contribution in [0.25, 0.3) is 0 Å². The second-order valence-electron chi connectivity index (χ2n) is 7.59. The number of methoxy groups -OCH3 is 1. The number of amides is 3. The molecule has 10 nitrogen and oxygen atoms in total. The van der Waals surface area contributed by atoms with E-state index in [1.807, 2.05) is 0 Å². The van der Waals surface area contributed by atoms with Crippen LogP contribution in [0.15, 0.2) is 24.3 Å². The third-order valence-corrected chi connectivity index (χ3v) is 3.77. The first-order chi connectivity index (χ1) is 13.9. The zero-order valence-electron chi connectivity index (χ0n) is 17.8. The molecule has 1 aromatic rings. The van der Waals surface area contributed by atoms with Crippen molar-refractivity contribution >= 4 is 23.9 Å². The highest BCUT2D eigenvalue weighted by molar-refractivity contribution is 5.92. The van der Waals surface area contributed by atoms with Crippen molar-refractivity contribution in [2.24, 2.45) is 0 Å². The van der Waals surface area contributed by atoms with Gasteiger partial charge in [-0.05, 0) is 45.4 Å². The van der Waals surface area contributed by atoms with Gasteiger partial charge in [0.15, 0.2) is 0 Å². The van der Waals surface area contributed by atoms with Gasteiger partial charge < -0.3 is 30.5 Å². The van der Waals surface area contributed by atoms with E-state index in [4.69, 9.17) is 4.74 Å². The van der Waals surface area contributed by atoms with Crippen LogP contribution in [0.5, 0.6) is 5.75 Å². The van der Waals surface area contributed by atoms with Crippen molar-refractivity contribution in [1.82, 2.24) is 16.0 Å². The fourth-order valence-corrected chi connectivity index (χ4v) is 2.29. The third-order valence-electron chi connectivity index (χ3n) is 3.77. The predicted molar refractivity (Wildman–Crippen MR) is 108 cm³/mol. The summed E-state index contributed by atoms with van der Waals surface area (Å²) in [5, 5.41) is 16.7. The molecule has 0 saturated carbocycles. The van der Waals surface area contributed by atoms with E-state index in [9.17, 15) is 24.3 Å². The van der Waals surface area contributed by atoms with Crippen molar-refractivity contribution in [1.29, 1.82) is 0 Å². The molecule has 0 fully saturated rings. The van der Waals surface area contributed by atoms with E-state index in [0.29, 0.717) is 5.56 Å². The highest BCUT2D eigenvalue weighted by Crippen LogP contribution is 2.12. The van der Waals surface area contributed by atoms with E-state index in [2.05, 4.69) is 20.7 Å². The molecule has 10 heteroatoms. The molecule has 0 unspecified atom stereocenters. The number of hydrogen-bond acceptors (Lipinski definition) is 7. The Morgan fingerprint density at radius 2 is 1.63 bits per heavy atom. The lowest BCUT2D eigenvalue weighted by molar-refractivity contribution is -0.141. The number of hydrogen-bond donors (Lipinski definition) is 4. The Labute approximate surface area is 175 Å². The highest BCUT2D eigenvalue weighted by atomic mass is 16.6. The summed E-state index contributed by atoms with van der Waals surface area (Å²) in [5.41, 5.74) is -0.0862. The van der Waals surface area contributed by atoms with Crippen LogP contribution in [0.1, 0.15) is 33.3 Å². The molecule has 0 aliphatic rings. The summed E-state index contributed by atoms with van der Waals surface area (Å²) in [4.78, 5) is 48.1. The number of rotatable bonds is 8. The number of aromatic hydroxyl groups is 1. The van der Waals surface area contributed by atoms with E-state index >= 15 is 0 Å². The minimum absolute atomic E-state index is 0.0655. The Hall–Kier alpha value is -3.30. The fourth-order valence-electron chi connectivity index (χ4n) is 2.29. The molecule has 166 valence electrons. The first kappa shape index (κ1) is 24.7. The van der Waals surface area contributed by atoms with E-state index in [0.717, 1.165) is 0 Å². The Morgan fingerprint density at radius 1 is 1.03 bits per heavy atom. The molecule has 0 aromatic heterocycles. The summed E-state index contributed by atoms with van der Waals surface area (Å²) < 4.78 is 9.64. The van der Waals surface area contributed by atoms with Crippen molar-refractivity contribution in [2.45, 2.75) is 51.8 Å². The first-order valence-corrected chi connectivity index (χ1v) is 9.33. The summed E-state index contributed by atoms with van der Waals surface area (Å²) >= 11 is 0. The van der Waals surface area contributed by atoms with Crippen LogP contribution >= 0.6 is 0 Å². The summed E-state index contributed by atoms with van der Waals surface area (Å²) in [7, 11) is 1.19. The number of carbonyl (C=O) groups excluding carboxylic acids is 4. The van der Waals surface area contributed by atoms with Crippen LogP contribution < -0.4 is 16.0 Å². The molecule has 0 radical (unpaired) electrons. The molecule has 0 aliphatic carbocycles. The van der Waals surface area contributed by atoms with Crippen molar-refractivity contribution in [3.05, 3.63) is 29.8 Å². The van der Waals surface area contributed by atoms with Crippen LogP contribution in [0.3, 0.4) is 0 Å². The standard InChI is InChI=1S/C20H29N3O7/c1-12(17(26)21-11-16(25)29-5)22-18(27)15(23-19(28)30-20(2,3)4)10-13-6-8-14(24)9-7-13/h6-9,12,15,24H,10-11H2,1-5H3,(H,21,26)(H,22,27)(H,23,28)/t12-,15+/m1/s1. The van der Waals surface area contributed by atoms with E-state index in [1.165, 1.54) is 26.2 Å². The molecule has 1 rings (SSSR count). The van der Waals surface area contributed by atoms with Gasteiger partial charge in [0.2, 0.25) is 11.8 Å². The zero-order valence-corrected chi connectivity index (χ0v) is 17.8. The zero-order chi connectivity index (χ0) is 22.9. The lowest BCUT2D eigenvalue weighted by atomic mass is 10.0. The quantitative estimate of drug-likeness (QED) is 0.449. The van der Waals surface area contributed by atoms with Gasteiger partial charge in [0.25, 0.3) is 0 Å². The number of nitrogens with one attached hydrogen (secondary N) is 3. The monoisotopic (exact) mass is 423 g/mol. The molecule has 2 atom stereocenters. The molecule has 0 heterocycles. The van der Waals surface area contributed by atoms with Gasteiger partial charge in [0.1, 0.15) is 30.0 Å². The molecular weight excluding hydrogens is 394 g/mol. The van der Waals surface area contributed by atoms with Gasteiger partial charge in [-0.15, -0.1) is 0 Å². The first-order valence-electron chi connectivity index (χ1n) is 9.33. The number of esters is 1. The fraction of sp³-hybridized carbons (Fsp3) is 0.500. The van der Waals surface area contributed by atoms with Gasteiger partial charge in [-0.3, -0.25) is 14.4 Å². The molecule has 0 aliphatic heterocycles. The van der Waals surface area contributed by atoms with Gasteiger partial charge in [-0.1, -0.05) is 12.1 Å². The molecule has 1 aromatic carbocycles. The normalized spacial score (nSPS) is 12.8. The van der Waals surface area contributed by atoms with E-state index in [-0.39, 0.29) is 18.7 Å². The van der Waals surface area contributed by atoms with Gasteiger partial charge in [0, 0.05) is 6.42 Å². The Morgan fingerprint density at radius 3 is 2.17 bits per heavy atom. The largest absolute Gasteiger partial charge is 0.508 e. The van der Waals surface area contributed by atoms with Crippen molar-refractivity contribution in [3.63, 3.8) is 0 Å². The van der Waals surface area contributed by atoms with Gasteiger partial charge in [-0.2, -0.15) is 0 Å².